The summed E-state index contributed by atoms with van der Waals surface area (Å²) in [4.78, 5) is 3.14. The van der Waals surface area contributed by atoms with Crippen LogP contribution in [-0.2, 0) is 12.7 Å². The van der Waals surface area contributed by atoms with E-state index in [0.29, 0.717) is 6.54 Å². The smallest absolute Gasteiger partial charge is 0.416 e. The molecule has 3 rings (SSSR count). The number of benzene rings is 2. The van der Waals surface area contributed by atoms with Gasteiger partial charge in [-0.05, 0) is 35.9 Å². The highest BCUT2D eigenvalue weighted by atomic mass is 19.4. The number of aliphatic hydroxyl groups excluding tert-OH is 1. The van der Waals surface area contributed by atoms with E-state index in [0.717, 1.165) is 28.6 Å². The molecule has 1 heterocycles. The van der Waals surface area contributed by atoms with Crippen LogP contribution < -0.4 is 10.1 Å². The van der Waals surface area contributed by atoms with Crippen molar-refractivity contribution in [1.82, 2.24) is 10.3 Å². The normalized spacial score (nSPS) is 13.1. The highest BCUT2D eigenvalue weighted by molar-refractivity contribution is 5.82. The zero-order valence-electron chi connectivity index (χ0n) is 13.9. The van der Waals surface area contributed by atoms with Gasteiger partial charge in [-0.2, -0.15) is 13.2 Å². The van der Waals surface area contributed by atoms with Crippen molar-refractivity contribution in [1.29, 1.82) is 0 Å². The molecule has 7 heteroatoms. The fourth-order valence-corrected chi connectivity index (χ4v) is 2.69. The summed E-state index contributed by atoms with van der Waals surface area (Å²) < 4.78 is 43.3. The average molecular weight is 364 g/mol. The number of rotatable bonds is 7. The first kappa shape index (κ1) is 18.3. The molecule has 1 atom stereocenters. The van der Waals surface area contributed by atoms with E-state index in [-0.39, 0.29) is 18.9 Å². The van der Waals surface area contributed by atoms with Gasteiger partial charge >= 0.3 is 6.18 Å². The molecule has 0 aliphatic heterocycles. The maximum Gasteiger partial charge on any atom is 0.416 e. The first-order valence-corrected chi connectivity index (χ1v) is 8.17. The first-order valence-electron chi connectivity index (χ1n) is 8.17. The van der Waals surface area contributed by atoms with Gasteiger partial charge in [-0.15, -0.1) is 0 Å². The van der Waals surface area contributed by atoms with Crippen molar-refractivity contribution < 1.29 is 23.0 Å². The van der Waals surface area contributed by atoms with E-state index in [4.69, 9.17) is 4.74 Å². The van der Waals surface area contributed by atoms with Crippen molar-refractivity contribution in [2.45, 2.75) is 18.8 Å². The minimum absolute atomic E-state index is 0.0796. The number of halogens is 3. The fraction of sp³-hybridized carbons (Fsp3) is 0.263. The van der Waals surface area contributed by atoms with Gasteiger partial charge in [0.2, 0.25) is 0 Å². The molecule has 0 saturated carbocycles. The van der Waals surface area contributed by atoms with E-state index in [2.05, 4.69) is 10.3 Å². The number of hydrogen-bond acceptors (Lipinski definition) is 3. The van der Waals surface area contributed by atoms with E-state index in [1.54, 1.807) is 0 Å². The SMILES string of the molecule is OC(CNCc1cccc2[nH]ccc12)COc1cccc(C(F)(F)F)c1. The van der Waals surface area contributed by atoms with E-state index < -0.39 is 17.8 Å². The van der Waals surface area contributed by atoms with Crippen LogP contribution >= 0.6 is 0 Å². The van der Waals surface area contributed by atoms with Crippen LogP contribution in [0.5, 0.6) is 5.75 Å². The van der Waals surface area contributed by atoms with Gasteiger partial charge in [-0.3, -0.25) is 0 Å². The van der Waals surface area contributed by atoms with E-state index in [1.807, 2.05) is 30.5 Å². The number of fused-ring (bicyclic) bond motifs is 1. The van der Waals surface area contributed by atoms with Gasteiger partial charge in [0, 0.05) is 30.2 Å². The molecular formula is C19H19F3N2O2. The molecule has 0 amide bonds. The van der Waals surface area contributed by atoms with Crippen LogP contribution in [0.15, 0.2) is 54.7 Å². The predicted molar refractivity (Wildman–Crippen MR) is 93.0 cm³/mol. The lowest BCUT2D eigenvalue weighted by Gasteiger charge is -2.14. The second-order valence-electron chi connectivity index (χ2n) is 5.98. The average Bonchev–Trinajstić information content (AvgIpc) is 3.09. The quantitative estimate of drug-likeness (QED) is 0.599. The van der Waals surface area contributed by atoms with Crippen molar-refractivity contribution in [3.05, 3.63) is 65.9 Å². The molecule has 0 bridgehead atoms. The van der Waals surface area contributed by atoms with Crippen LogP contribution in [-0.4, -0.2) is 29.3 Å². The number of nitrogens with one attached hydrogen (secondary N) is 2. The second-order valence-corrected chi connectivity index (χ2v) is 5.98. The van der Waals surface area contributed by atoms with Crippen molar-refractivity contribution >= 4 is 10.9 Å². The number of H-pyrrole nitrogens is 1. The first-order chi connectivity index (χ1) is 12.4. The van der Waals surface area contributed by atoms with Gasteiger partial charge in [0.25, 0.3) is 0 Å². The molecule has 0 aliphatic carbocycles. The summed E-state index contributed by atoms with van der Waals surface area (Å²) in [6, 6.07) is 12.5. The number of alkyl halides is 3. The van der Waals surface area contributed by atoms with E-state index in [1.165, 1.54) is 12.1 Å². The number of aliphatic hydroxyl groups is 1. The lowest BCUT2D eigenvalue weighted by molar-refractivity contribution is -0.137. The van der Waals surface area contributed by atoms with Crippen LogP contribution in [0.4, 0.5) is 13.2 Å². The van der Waals surface area contributed by atoms with Crippen LogP contribution in [0, 0.1) is 0 Å². The molecule has 138 valence electrons. The third-order valence-corrected chi connectivity index (χ3v) is 3.98. The summed E-state index contributed by atoms with van der Waals surface area (Å²) in [5.41, 5.74) is 1.36. The number of aromatic amines is 1. The zero-order chi connectivity index (χ0) is 18.6. The van der Waals surface area contributed by atoms with Gasteiger partial charge in [0.05, 0.1) is 5.56 Å². The largest absolute Gasteiger partial charge is 0.491 e. The van der Waals surface area contributed by atoms with Gasteiger partial charge in [0.15, 0.2) is 0 Å². The van der Waals surface area contributed by atoms with Crippen molar-refractivity contribution in [2.24, 2.45) is 0 Å². The predicted octanol–water partition coefficient (Wildman–Crippen LogP) is 3.72. The van der Waals surface area contributed by atoms with Crippen molar-refractivity contribution in [3.63, 3.8) is 0 Å². The lowest BCUT2D eigenvalue weighted by atomic mass is 10.1. The summed E-state index contributed by atoms with van der Waals surface area (Å²) in [5.74, 6) is 0.0796. The van der Waals surface area contributed by atoms with Crippen LogP contribution in [0.25, 0.3) is 10.9 Å². The minimum Gasteiger partial charge on any atom is -0.491 e. The Labute approximate surface area is 148 Å². The van der Waals surface area contributed by atoms with Gasteiger partial charge in [0.1, 0.15) is 18.5 Å². The van der Waals surface area contributed by atoms with Crippen molar-refractivity contribution in [2.75, 3.05) is 13.2 Å². The summed E-state index contributed by atoms with van der Waals surface area (Å²) in [6.45, 7) is 0.734. The van der Waals surface area contributed by atoms with E-state index in [9.17, 15) is 18.3 Å². The fourth-order valence-electron chi connectivity index (χ4n) is 2.69. The molecule has 1 unspecified atom stereocenters. The standard InChI is InChI=1S/C19H19F3N2O2/c20-19(21,22)14-4-2-5-16(9-14)26-12-15(25)11-23-10-13-3-1-6-18-17(13)7-8-24-18/h1-9,15,23-25H,10-12H2. The Morgan fingerprint density at radius 3 is 2.73 bits per heavy atom. The molecule has 0 radical (unpaired) electrons. The Morgan fingerprint density at radius 2 is 1.92 bits per heavy atom. The molecule has 1 aromatic heterocycles. The Hall–Kier alpha value is -2.51. The lowest BCUT2D eigenvalue weighted by Crippen LogP contribution is -2.31. The number of aromatic nitrogens is 1. The third kappa shape index (κ3) is 4.56. The minimum atomic E-state index is -4.42. The molecule has 0 fully saturated rings. The molecule has 4 nitrogen and oxygen atoms in total. The van der Waals surface area contributed by atoms with Crippen LogP contribution in [0.1, 0.15) is 11.1 Å². The third-order valence-electron chi connectivity index (χ3n) is 3.98. The topological polar surface area (TPSA) is 57.3 Å². The van der Waals surface area contributed by atoms with Crippen LogP contribution in [0.3, 0.4) is 0 Å². The molecule has 0 spiro atoms. The van der Waals surface area contributed by atoms with Gasteiger partial charge < -0.3 is 20.1 Å². The number of ether oxygens (including phenoxy) is 1. The summed E-state index contributed by atoms with van der Waals surface area (Å²) >= 11 is 0. The molecule has 2 aromatic carbocycles. The van der Waals surface area contributed by atoms with E-state index >= 15 is 0 Å². The van der Waals surface area contributed by atoms with Gasteiger partial charge in [-0.1, -0.05) is 18.2 Å². The molecule has 3 N–H and O–H groups in total. The zero-order valence-corrected chi connectivity index (χ0v) is 13.9. The molecule has 0 aliphatic rings. The number of hydrogen-bond donors (Lipinski definition) is 3. The molecule has 26 heavy (non-hydrogen) atoms. The van der Waals surface area contributed by atoms with Gasteiger partial charge in [-0.25, -0.2) is 0 Å². The maximum atomic E-state index is 12.7. The van der Waals surface area contributed by atoms with Crippen LogP contribution in [0.2, 0.25) is 0 Å². The molecular weight excluding hydrogens is 345 g/mol. The summed E-state index contributed by atoms with van der Waals surface area (Å²) in [5, 5.41) is 14.2. The summed E-state index contributed by atoms with van der Waals surface area (Å²) in [7, 11) is 0. The Balaban J connectivity index is 1.47. The second kappa shape index (κ2) is 7.80. The Kier molecular flexibility index (Phi) is 5.49. The highest BCUT2D eigenvalue weighted by Gasteiger charge is 2.30. The van der Waals surface area contributed by atoms with Crippen molar-refractivity contribution in [3.8, 4) is 5.75 Å². The highest BCUT2D eigenvalue weighted by Crippen LogP contribution is 2.31. The molecule has 0 saturated heterocycles. The summed E-state index contributed by atoms with van der Waals surface area (Å²) in [6.07, 6.45) is -3.39. The maximum absolute atomic E-state index is 12.7. The molecule has 3 aromatic rings. The monoisotopic (exact) mass is 364 g/mol. The Bertz CT molecular complexity index is 861. The Morgan fingerprint density at radius 1 is 1.12 bits per heavy atom.